The molecule has 1 aromatic heterocycles. The Morgan fingerprint density at radius 3 is 2.68 bits per heavy atom. The first kappa shape index (κ1) is 14.1. The van der Waals surface area contributed by atoms with Gasteiger partial charge in [0.25, 0.3) is 0 Å². The Morgan fingerprint density at radius 2 is 2.11 bits per heavy atom. The summed E-state index contributed by atoms with van der Waals surface area (Å²) in [4.78, 5) is 0. The zero-order chi connectivity index (χ0) is 14.0. The molecule has 0 fully saturated rings. The van der Waals surface area contributed by atoms with E-state index >= 15 is 0 Å². The fourth-order valence-electron chi connectivity index (χ4n) is 1.90. The summed E-state index contributed by atoms with van der Waals surface area (Å²) in [5, 5.41) is 7.52. The molecule has 0 aliphatic rings. The van der Waals surface area contributed by atoms with Gasteiger partial charge >= 0.3 is 0 Å². The number of aromatic nitrogens is 2. The summed E-state index contributed by atoms with van der Waals surface area (Å²) in [5.74, 6) is 1.58. The molecule has 0 saturated heterocycles. The molecule has 0 aliphatic heterocycles. The number of rotatable bonds is 4. The number of aryl methyl sites for hydroxylation is 2. The third-order valence-electron chi connectivity index (χ3n) is 3.04. The van der Waals surface area contributed by atoms with Gasteiger partial charge in [-0.25, -0.2) is 4.68 Å². The van der Waals surface area contributed by atoms with E-state index in [1.807, 2.05) is 39.2 Å². The minimum Gasteiger partial charge on any atom is -0.439 e. The number of hydrogen-bond acceptors (Lipinski definition) is 3. The van der Waals surface area contributed by atoms with Crippen molar-refractivity contribution in [2.75, 3.05) is 7.05 Å². The Bertz CT molecular complexity index is 580. The Hall–Kier alpha value is -1.33. The van der Waals surface area contributed by atoms with Crippen LogP contribution >= 0.6 is 15.9 Å². The maximum absolute atomic E-state index is 5.98. The van der Waals surface area contributed by atoms with E-state index in [-0.39, 0.29) is 6.04 Å². The lowest BCUT2D eigenvalue weighted by Crippen LogP contribution is -2.13. The van der Waals surface area contributed by atoms with Gasteiger partial charge in [-0.3, -0.25) is 0 Å². The smallest absolute Gasteiger partial charge is 0.217 e. The molecule has 0 bridgehead atoms. The van der Waals surface area contributed by atoms with Crippen molar-refractivity contribution in [3.05, 3.63) is 40.0 Å². The van der Waals surface area contributed by atoms with E-state index in [0.29, 0.717) is 0 Å². The van der Waals surface area contributed by atoms with Crippen molar-refractivity contribution in [2.45, 2.75) is 19.9 Å². The molecule has 2 aromatic rings. The van der Waals surface area contributed by atoms with Crippen LogP contribution in [0.15, 0.2) is 28.7 Å². The lowest BCUT2D eigenvalue weighted by atomic mass is 10.1. The average molecular weight is 324 g/mol. The molecule has 1 atom stereocenters. The van der Waals surface area contributed by atoms with Gasteiger partial charge in [-0.05, 0) is 39.1 Å². The first-order valence-electron chi connectivity index (χ1n) is 6.16. The number of halogens is 1. The van der Waals surface area contributed by atoms with E-state index in [2.05, 4.69) is 39.3 Å². The molecule has 1 aromatic carbocycles. The van der Waals surface area contributed by atoms with Crippen LogP contribution in [0.25, 0.3) is 0 Å². The lowest BCUT2D eigenvalue weighted by Gasteiger charge is -2.16. The van der Waals surface area contributed by atoms with Crippen molar-refractivity contribution in [2.24, 2.45) is 7.05 Å². The first-order valence-corrected chi connectivity index (χ1v) is 6.95. The van der Waals surface area contributed by atoms with Crippen LogP contribution in [0.5, 0.6) is 11.6 Å². The van der Waals surface area contributed by atoms with Gasteiger partial charge in [0.05, 0.1) is 5.69 Å². The van der Waals surface area contributed by atoms with Crippen LogP contribution in [0.2, 0.25) is 0 Å². The quantitative estimate of drug-likeness (QED) is 0.935. The highest BCUT2D eigenvalue weighted by Crippen LogP contribution is 2.32. The Labute approximate surface area is 121 Å². The molecule has 102 valence electrons. The summed E-state index contributed by atoms with van der Waals surface area (Å²) in [6.45, 7) is 4.05. The second kappa shape index (κ2) is 5.75. The van der Waals surface area contributed by atoms with Crippen molar-refractivity contribution < 1.29 is 4.74 Å². The van der Waals surface area contributed by atoms with Gasteiger partial charge in [-0.1, -0.05) is 15.9 Å². The molecule has 1 unspecified atom stereocenters. The highest BCUT2D eigenvalue weighted by Gasteiger charge is 2.13. The van der Waals surface area contributed by atoms with Crippen LogP contribution in [-0.4, -0.2) is 16.8 Å². The highest BCUT2D eigenvalue weighted by atomic mass is 79.9. The van der Waals surface area contributed by atoms with Gasteiger partial charge in [-0.2, -0.15) is 5.10 Å². The maximum Gasteiger partial charge on any atom is 0.217 e. The van der Waals surface area contributed by atoms with E-state index < -0.39 is 0 Å². The molecule has 0 amide bonds. The molecule has 2 rings (SSSR count). The fraction of sp³-hybridized carbons (Fsp3) is 0.357. The van der Waals surface area contributed by atoms with E-state index in [1.54, 1.807) is 4.68 Å². The summed E-state index contributed by atoms with van der Waals surface area (Å²) in [5.41, 5.74) is 2.05. The minimum atomic E-state index is 0.210. The van der Waals surface area contributed by atoms with Gasteiger partial charge < -0.3 is 10.1 Å². The van der Waals surface area contributed by atoms with E-state index in [4.69, 9.17) is 4.74 Å². The third-order valence-corrected chi connectivity index (χ3v) is 3.54. The lowest BCUT2D eigenvalue weighted by molar-refractivity contribution is 0.420. The number of ether oxygens (including phenoxy) is 1. The van der Waals surface area contributed by atoms with Crippen molar-refractivity contribution >= 4 is 15.9 Å². The maximum atomic E-state index is 5.98. The standard InChI is InChI=1S/C14H18BrN3O/c1-9-7-14(18(4)17-9)19-13-6-5-11(15)8-12(13)10(2)16-3/h5-8,10,16H,1-4H3. The second-order valence-electron chi connectivity index (χ2n) is 4.54. The van der Waals surface area contributed by atoms with Gasteiger partial charge in [0.15, 0.2) is 0 Å². The van der Waals surface area contributed by atoms with Crippen molar-refractivity contribution in [1.82, 2.24) is 15.1 Å². The number of nitrogens with zero attached hydrogens (tertiary/aromatic N) is 2. The molecule has 0 radical (unpaired) electrons. The Morgan fingerprint density at radius 1 is 1.37 bits per heavy atom. The number of hydrogen-bond donors (Lipinski definition) is 1. The SMILES string of the molecule is CNC(C)c1cc(Br)ccc1Oc1cc(C)nn1C. The van der Waals surface area contributed by atoms with Gasteiger partial charge in [-0.15, -0.1) is 0 Å². The third kappa shape index (κ3) is 3.16. The molecule has 5 heteroatoms. The van der Waals surface area contributed by atoms with Gasteiger partial charge in [0.1, 0.15) is 5.75 Å². The average Bonchev–Trinajstić information content (AvgIpc) is 2.69. The summed E-state index contributed by atoms with van der Waals surface area (Å²) in [7, 11) is 3.81. The van der Waals surface area contributed by atoms with Crippen molar-refractivity contribution in [3.8, 4) is 11.6 Å². The van der Waals surface area contributed by atoms with Crippen LogP contribution in [0.4, 0.5) is 0 Å². The zero-order valence-corrected chi connectivity index (χ0v) is 13.2. The monoisotopic (exact) mass is 323 g/mol. The number of nitrogens with one attached hydrogen (secondary N) is 1. The molecule has 0 aliphatic carbocycles. The van der Waals surface area contributed by atoms with Gasteiger partial charge in [0.2, 0.25) is 5.88 Å². The van der Waals surface area contributed by atoms with E-state index in [0.717, 1.165) is 27.4 Å². The second-order valence-corrected chi connectivity index (χ2v) is 5.46. The fourth-order valence-corrected chi connectivity index (χ4v) is 2.28. The first-order chi connectivity index (χ1) is 9.01. The van der Waals surface area contributed by atoms with Crippen molar-refractivity contribution in [1.29, 1.82) is 0 Å². The van der Waals surface area contributed by atoms with Crippen molar-refractivity contribution in [3.63, 3.8) is 0 Å². The zero-order valence-electron chi connectivity index (χ0n) is 11.6. The molecular weight excluding hydrogens is 306 g/mol. The Kier molecular flexibility index (Phi) is 4.27. The largest absolute Gasteiger partial charge is 0.439 e. The van der Waals surface area contributed by atoms with Crippen LogP contribution in [0.1, 0.15) is 24.2 Å². The summed E-state index contributed by atoms with van der Waals surface area (Å²) in [6.07, 6.45) is 0. The molecule has 1 heterocycles. The van der Waals surface area contributed by atoms with E-state index in [1.165, 1.54) is 0 Å². The highest BCUT2D eigenvalue weighted by molar-refractivity contribution is 9.10. The molecular formula is C14H18BrN3O. The van der Waals surface area contributed by atoms with Crippen LogP contribution in [0, 0.1) is 6.92 Å². The summed E-state index contributed by atoms with van der Waals surface area (Å²) >= 11 is 3.50. The predicted molar refractivity (Wildman–Crippen MR) is 79.6 cm³/mol. The molecule has 19 heavy (non-hydrogen) atoms. The molecule has 4 nitrogen and oxygen atoms in total. The van der Waals surface area contributed by atoms with E-state index in [9.17, 15) is 0 Å². The van der Waals surface area contributed by atoms with Crippen LogP contribution in [-0.2, 0) is 7.05 Å². The summed E-state index contributed by atoms with van der Waals surface area (Å²) < 4.78 is 8.76. The Balaban J connectivity index is 2.36. The normalized spacial score (nSPS) is 12.5. The molecule has 1 N–H and O–H groups in total. The molecule has 0 saturated carbocycles. The minimum absolute atomic E-state index is 0.210. The number of benzene rings is 1. The summed E-state index contributed by atoms with van der Waals surface area (Å²) in [6, 6.07) is 8.15. The predicted octanol–water partition coefficient (Wildman–Crippen LogP) is 3.56. The van der Waals surface area contributed by atoms with Crippen LogP contribution in [0.3, 0.4) is 0 Å². The molecule has 0 spiro atoms. The van der Waals surface area contributed by atoms with Gasteiger partial charge in [0, 0.05) is 29.2 Å². The topological polar surface area (TPSA) is 39.1 Å². The van der Waals surface area contributed by atoms with Crippen LogP contribution < -0.4 is 10.1 Å².